The molecule has 124 valence electrons. The number of alkyl halides is 2. The van der Waals surface area contributed by atoms with Crippen molar-refractivity contribution in [1.29, 1.82) is 0 Å². The van der Waals surface area contributed by atoms with Gasteiger partial charge in [-0.2, -0.15) is 0 Å². The number of rotatable bonds is 8. The summed E-state index contributed by atoms with van der Waals surface area (Å²) >= 11 is 11.2. The SMILES string of the molecule is O=[P+](O[C@@H]1O[C@H](CO)[C@@H](O)[C@H](O)[C@H]1O)N(CCCl)CCCl. The molecule has 0 saturated carbocycles. The second-order valence-corrected chi connectivity index (χ2v) is 6.38. The van der Waals surface area contributed by atoms with E-state index < -0.39 is 45.5 Å². The highest BCUT2D eigenvalue weighted by Crippen LogP contribution is 2.34. The molecule has 8 nitrogen and oxygen atoms in total. The largest absolute Gasteiger partial charge is 0.618 e. The lowest BCUT2D eigenvalue weighted by Crippen LogP contribution is -2.58. The lowest BCUT2D eigenvalue weighted by atomic mass is 10.00. The van der Waals surface area contributed by atoms with Crippen LogP contribution in [0.25, 0.3) is 0 Å². The zero-order chi connectivity index (χ0) is 16.0. The molecule has 0 bridgehead atoms. The topological polar surface area (TPSA) is 120 Å². The Balaban J connectivity index is 2.68. The highest BCUT2D eigenvalue weighted by Gasteiger charge is 2.48. The summed E-state index contributed by atoms with van der Waals surface area (Å²) in [6.07, 6.45) is -7.25. The van der Waals surface area contributed by atoms with Gasteiger partial charge in [0.25, 0.3) is 0 Å². The van der Waals surface area contributed by atoms with E-state index in [4.69, 9.17) is 37.6 Å². The lowest BCUT2D eigenvalue weighted by molar-refractivity contribution is -0.277. The number of hydrogen-bond acceptors (Lipinski definition) is 7. The molecule has 6 atom stereocenters. The second kappa shape index (κ2) is 9.52. The van der Waals surface area contributed by atoms with Crippen molar-refractivity contribution in [3.05, 3.63) is 0 Å². The molecule has 1 fully saturated rings. The first kappa shape index (κ1) is 19.4. The number of halogens is 2. The first-order valence-electron chi connectivity index (χ1n) is 6.27. The maximum atomic E-state index is 12.1. The Bertz CT molecular complexity index is 333. The van der Waals surface area contributed by atoms with E-state index in [1.807, 2.05) is 0 Å². The number of aliphatic hydroxyl groups excluding tert-OH is 4. The maximum Gasteiger partial charge on any atom is 0.618 e. The Morgan fingerprint density at radius 1 is 1.10 bits per heavy atom. The first-order valence-corrected chi connectivity index (χ1v) is 8.47. The second-order valence-electron chi connectivity index (χ2n) is 4.37. The summed E-state index contributed by atoms with van der Waals surface area (Å²) in [6, 6.07) is 0. The quantitative estimate of drug-likeness (QED) is 0.327. The molecule has 0 amide bonds. The molecular weight excluding hydrogens is 348 g/mol. The molecule has 0 spiro atoms. The van der Waals surface area contributed by atoms with Crippen LogP contribution in [0.5, 0.6) is 0 Å². The summed E-state index contributed by atoms with van der Waals surface area (Å²) in [5.41, 5.74) is 0. The van der Waals surface area contributed by atoms with E-state index in [1.54, 1.807) is 0 Å². The van der Waals surface area contributed by atoms with Gasteiger partial charge in [0.05, 0.1) is 19.7 Å². The Morgan fingerprint density at radius 2 is 1.67 bits per heavy atom. The van der Waals surface area contributed by atoms with Crippen molar-refractivity contribution in [2.24, 2.45) is 0 Å². The molecule has 1 saturated heterocycles. The van der Waals surface area contributed by atoms with Crippen molar-refractivity contribution in [2.75, 3.05) is 31.5 Å². The lowest BCUT2D eigenvalue weighted by Gasteiger charge is -2.37. The van der Waals surface area contributed by atoms with Crippen LogP contribution in [-0.4, -0.2) is 87.3 Å². The van der Waals surface area contributed by atoms with E-state index >= 15 is 0 Å². The number of ether oxygens (including phenoxy) is 1. The van der Waals surface area contributed by atoms with Crippen molar-refractivity contribution >= 4 is 31.4 Å². The average molecular weight is 367 g/mol. The number of hydrogen-bond donors (Lipinski definition) is 4. The van der Waals surface area contributed by atoms with Gasteiger partial charge in [0.1, 0.15) is 24.4 Å². The van der Waals surface area contributed by atoms with Crippen LogP contribution in [0.15, 0.2) is 0 Å². The molecule has 11 heteroatoms. The summed E-state index contributed by atoms with van der Waals surface area (Å²) in [5.74, 6) is 0.409. The molecule has 0 aliphatic carbocycles. The zero-order valence-corrected chi connectivity index (χ0v) is 13.5. The van der Waals surface area contributed by atoms with Crippen LogP contribution in [0.4, 0.5) is 0 Å². The van der Waals surface area contributed by atoms with E-state index in [9.17, 15) is 19.9 Å². The summed E-state index contributed by atoms with van der Waals surface area (Å²) in [5, 5.41) is 38.0. The minimum atomic E-state index is -2.41. The Morgan fingerprint density at radius 3 is 2.14 bits per heavy atom. The van der Waals surface area contributed by atoms with Crippen LogP contribution in [0.1, 0.15) is 0 Å². The molecule has 0 radical (unpaired) electrons. The van der Waals surface area contributed by atoms with Gasteiger partial charge in [0.2, 0.25) is 6.29 Å². The van der Waals surface area contributed by atoms with E-state index in [-0.39, 0.29) is 24.8 Å². The minimum absolute atomic E-state index is 0.204. The summed E-state index contributed by atoms with van der Waals surface area (Å²) in [4.78, 5) is 0. The van der Waals surface area contributed by atoms with Crippen LogP contribution in [0.2, 0.25) is 0 Å². The fourth-order valence-electron chi connectivity index (χ4n) is 1.78. The third-order valence-electron chi connectivity index (χ3n) is 2.96. The van der Waals surface area contributed by atoms with Gasteiger partial charge in [0.15, 0.2) is 0 Å². The standard InChI is InChI=1S/C10H19Cl2NO7P/c11-1-3-13(4-2-12)21(18)20-10-9(17)8(16)7(15)6(5-14)19-10/h6-10,14-17H,1-5H2/q+1/t6-,7-,8+,9-,10+/m1/s1. The third kappa shape index (κ3) is 5.21. The smallest absolute Gasteiger partial charge is 0.394 e. The fraction of sp³-hybridized carbons (Fsp3) is 1.00. The predicted octanol–water partition coefficient (Wildman–Crippen LogP) is -0.760. The molecule has 4 N–H and O–H groups in total. The third-order valence-corrected chi connectivity index (χ3v) is 4.55. The number of nitrogens with zero attached hydrogens (tertiary/aromatic N) is 1. The molecule has 1 aliphatic heterocycles. The molecule has 0 aromatic heterocycles. The normalized spacial score (nSPS) is 34.2. The van der Waals surface area contributed by atoms with Gasteiger partial charge in [-0.25, -0.2) is 0 Å². The molecule has 1 rings (SSSR count). The molecule has 21 heavy (non-hydrogen) atoms. The van der Waals surface area contributed by atoms with Crippen LogP contribution in [0.3, 0.4) is 0 Å². The fourth-order valence-corrected chi connectivity index (χ4v) is 3.44. The van der Waals surface area contributed by atoms with E-state index in [0.29, 0.717) is 0 Å². The van der Waals surface area contributed by atoms with Crippen molar-refractivity contribution < 1.29 is 34.3 Å². The minimum Gasteiger partial charge on any atom is -0.394 e. The van der Waals surface area contributed by atoms with Gasteiger partial charge in [-0.05, 0) is 4.57 Å². The molecule has 1 unspecified atom stereocenters. The summed E-state index contributed by atoms with van der Waals surface area (Å²) < 4.78 is 23.6. The van der Waals surface area contributed by atoms with Crippen LogP contribution < -0.4 is 0 Å². The number of aliphatic hydroxyl groups is 4. The summed E-state index contributed by atoms with van der Waals surface area (Å²) in [6.45, 7) is -0.0868. The van der Waals surface area contributed by atoms with Crippen molar-refractivity contribution in [2.45, 2.75) is 30.7 Å². The van der Waals surface area contributed by atoms with Crippen molar-refractivity contribution in [3.8, 4) is 0 Å². The van der Waals surface area contributed by atoms with Gasteiger partial charge in [-0.15, -0.1) is 23.2 Å². The van der Waals surface area contributed by atoms with Crippen LogP contribution >= 0.6 is 31.4 Å². The van der Waals surface area contributed by atoms with Crippen LogP contribution in [-0.2, 0) is 13.8 Å². The zero-order valence-electron chi connectivity index (χ0n) is 11.1. The Labute approximate surface area is 133 Å². The van der Waals surface area contributed by atoms with Gasteiger partial charge in [-0.1, -0.05) is 9.19 Å². The molecule has 0 aromatic rings. The van der Waals surface area contributed by atoms with Crippen molar-refractivity contribution in [3.63, 3.8) is 0 Å². The average Bonchev–Trinajstić information content (AvgIpc) is 2.47. The maximum absolute atomic E-state index is 12.1. The van der Waals surface area contributed by atoms with E-state index in [0.717, 1.165) is 0 Å². The van der Waals surface area contributed by atoms with Gasteiger partial charge >= 0.3 is 8.18 Å². The Kier molecular flexibility index (Phi) is 8.82. The molecular formula is C10H19Cl2NO7P+. The molecule has 0 aromatic carbocycles. The summed E-state index contributed by atoms with van der Waals surface area (Å²) in [7, 11) is -2.41. The van der Waals surface area contributed by atoms with Gasteiger partial charge in [0, 0.05) is 11.8 Å². The van der Waals surface area contributed by atoms with Gasteiger partial charge in [-0.3, -0.25) is 0 Å². The molecule has 1 aliphatic rings. The predicted molar refractivity (Wildman–Crippen MR) is 75.5 cm³/mol. The van der Waals surface area contributed by atoms with E-state index in [1.165, 1.54) is 4.67 Å². The van der Waals surface area contributed by atoms with Crippen LogP contribution in [0, 0.1) is 0 Å². The van der Waals surface area contributed by atoms with E-state index in [2.05, 4.69) is 0 Å². The monoisotopic (exact) mass is 366 g/mol. The Hall–Kier alpha value is 0.400. The first-order chi connectivity index (χ1) is 9.96. The van der Waals surface area contributed by atoms with Gasteiger partial charge < -0.3 is 25.2 Å². The highest BCUT2D eigenvalue weighted by molar-refractivity contribution is 7.36. The molecule has 1 heterocycles. The highest BCUT2D eigenvalue weighted by atomic mass is 35.5. The van der Waals surface area contributed by atoms with Crippen molar-refractivity contribution in [1.82, 2.24) is 4.67 Å².